The Morgan fingerprint density at radius 2 is 1.32 bits per heavy atom. The van der Waals surface area contributed by atoms with Gasteiger partial charge in [-0.3, -0.25) is 0 Å². The Labute approximate surface area is 148 Å². The number of benzene rings is 2. The van der Waals surface area contributed by atoms with Gasteiger partial charge < -0.3 is 14.3 Å². The minimum atomic E-state index is -2.13. The molecule has 0 bridgehead atoms. The van der Waals surface area contributed by atoms with Crippen molar-refractivity contribution in [2.45, 2.75) is 51.4 Å². The van der Waals surface area contributed by atoms with Crippen LogP contribution in [0, 0.1) is 0 Å². The van der Waals surface area contributed by atoms with Crippen LogP contribution in [0.1, 0.15) is 43.2 Å². The van der Waals surface area contributed by atoms with Crippen LogP contribution in [0.2, 0.25) is 0 Å². The standard InChI is InChI=1S/C21H25FO3/c22-21(15-9-1-2-10-16-23,24-17-19-11-5-3-6-12-19)25-18-20-13-7-4-8-14-20/h3-8,11-14,16H,1-2,9-10,15,17-18H2. The van der Waals surface area contributed by atoms with Gasteiger partial charge in [-0.1, -0.05) is 67.1 Å². The summed E-state index contributed by atoms with van der Waals surface area (Å²) in [6.45, 7) is 0.306. The van der Waals surface area contributed by atoms with E-state index in [1.807, 2.05) is 60.7 Å². The van der Waals surface area contributed by atoms with Crippen LogP contribution in [0.15, 0.2) is 60.7 Å². The Balaban J connectivity index is 1.90. The highest BCUT2D eigenvalue weighted by atomic mass is 19.2. The first-order valence-corrected chi connectivity index (χ1v) is 8.70. The molecule has 2 aromatic rings. The first-order valence-electron chi connectivity index (χ1n) is 8.70. The van der Waals surface area contributed by atoms with Gasteiger partial charge in [0, 0.05) is 12.8 Å². The third-order valence-electron chi connectivity index (χ3n) is 3.89. The van der Waals surface area contributed by atoms with Crippen molar-refractivity contribution in [1.29, 1.82) is 0 Å². The van der Waals surface area contributed by atoms with Crippen LogP contribution in [0.4, 0.5) is 4.39 Å². The molecule has 0 saturated heterocycles. The van der Waals surface area contributed by atoms with Crippen molar-refractivity contribution in [3.63, 3.8) is 0 Å². The molecule has 0 N–H and O–H groups in total. The van der Waals surface area contributed by atoms with Crippen molar-refractivity contribution in [3.05, 3.63) is 71.8 Å². The number of rotatable bonds is 12. The summed E-state index contributed by atoms with van der Waals surface area (Å²) in [6.07, 6.45) is 3.68. The molecule has 0 saturated carbocycles. The molecule has 0 aliphatic heterocycles. The molecule has 25 heavy (non-hydrogen) atoms. The molecule has 0 radical (unpaired) electrons. The molecule has 2 aromatic carbocycles. The molecular weight excluding hydrogens is 319 g/mol. The Morgan fingerprint density at radius 3 is 1.80 bits per heavy atom. The van der Waals surface area contributed by atoms with E-state index in [0.717, 1.165) is 30.3 Å². The summed E-state index contributed by atoms with van der Waals surface area (Å²) < 4.78 is 26.1. The van der Waals surface area contributed by atoms with Gasteiger partial charge in [-0.2, -0.15) is 4.39 Å². The van der Waals surface area contributed by atoms with Gasteiger partial charge >= 0.3 is 6.04 Å². The number of hydrogen-bond acceptors (Lipinski definition) is 3. The van der Waals surface area contributed by atoms with Gasteiger partial charge in [-0.05, 0) is 24.0 Å². The fraction of sp³-hybridized carbons (Fsp3) is 0.381. The van der Waals surface area contributed by atoms with Gasteiger partial charge in [0.2, 0.25) is 0 Å². The number of unbranched alkanes of at least 4 members (excludes halogenated alkanes) is 3. The minimum Gasteiger partial charge on any atom is -0.319 e. The second-order valence-electron chi connectivity index (χ2n) is 5.97. The molecule has 0 atom stereocenters. The smallest absolute Gasteiger partial charge is 0.319 e. The first kappa shape index (κ1) is 19.3. The van der Waals surface area contributed by atoms with Gasteiger partial charge in [0.15, 0.2) is 0 Å². The lowest BCUT2D eigenvalue weighted by Crippen LogP contribution is -2.30. The van der Waals surface area contributed by atoms with Crippen LogP contribution in [0.3, 0.4) is 0 Å². The Morgan fingerprint density at radius 1 is 0.800 bits per heavy atom. The third-order valence-corrected chi connectivity index (χ3v) is 3.89. The van der Waals surface area contributed by atoms with Crippen molar-refractivity contribution in [2.75, 3.05) is 0 Å². The highest BCUT2D eigenvalue weighted by Gasteiger charge is 2.31. The molecule has 0 spiro atoms. The maximum absolute atomic E-state index is 15.2. The number of hydrogen-bond donors (Lipinski definition) is 0. The van der Waals surface area contributed by atoms with E-state index in [4.69, 9.17) is 9.47 Å². The van der Waals surface area contributed by atoms with Crippen LogP contribution in [-0.4, -0.2) is 12.3 Å². The zero-order valence-electron chi connectivity index (χ0n) is 14.4. The number of carbonyl (C=O) groups is 1. The number of carbonyl (C=O) groups excluding carboxylic acids is 1. The predicted molar refractivity (Wildman–Crippen MR) is 95.5 cm³/mol. The van der Waals surface area contributed by atoms with Crippen molar-refractivity contribution >= 4 is 6.29 Å². The summed E-state index contributed by atoms with van der Waals surface area (Å²) in [6, 6.07) is 16.8. The molecular formula is C21H25FO3. The summed E-state index contributed by atoms with van der Waals surface area (Å²) in [5.74, 6) is 0. The molecule has 0 unspecified atom stereocenters. The summed E-state index contributed by atoms with van der Waals surface area (Å²) >= 11 is 0. The maximum Gasteiger partial charge on any atom is 0.320 e. The molecule has 0 heterocycles. The quantitative estimate of drug-likeness (QED) is 0.302. The monoisotopic (exact) mass is 344 g/mol. The third kappa shape index (κ3) is 7.59. The number of aldehydes is 1. The summed E-state index contributed by atoms with van der Waals surface area (Å²) in [4.78, 5) is 10.4. The first-order chi connectivity index (χ1) is 12.2. The fourth-order valence-electron chi connectivity index (χ4n) is 2.46. The lowest BCUT2D eigenvalue weighted by atomic mass is 10.1. The van der Waals surface area contributed by atoms with Crippen LogP contribution in [0.5, 0.6) is 0 Å². The molecule has 0 aliphatic carbocycles. The zero-order valence-corrected chi connectivity index (χ0v) is 14.4. The van der Waals surface area contributed by atoms with E-state index in [0.29, 0.717) is 12.8 Å². The van der Waals surface area contributed by atoms with E-state index in [9.17, 15) is 4.79 Å². The average Bonchev–Trinajstić information content (AvgIpc) is 2.67. The average molecular weight is 344 g/mol. The lowest BCUT2D eigenvalue weighted by molar-refractivity contribution is -0.331. The van der Waals surface area contributed by atoms with Crippen LogP contribution >= 0.6 is 0 Å². The minimum absolute atomic E-state index is 0.144. The van der Waals surface area contributed by atoms with E-state index in [1.165, 1.54) is 0 Å². The maximum atomic E-state index is 15.2. The van der Waals surface area contributed by atoms with Gasteiger partial charge in [0.25, 0.3) is 0 Å². The van der Waals surface area contributed by atoms with Crippen molar-refractivity contribution < 1.29 is 18.7 Å². The Bertz CT molecular complexity index is 558. The van der Waals surface area contributed by atoms with E-state index in [1.54, 1.807) is 0 Å². The van der Waals surface area contributed by atoms with E-state index in [-0.39, 0.29) is 19.6 Å². The molecule has 3 nitrogen and oxygen atoms in total. The summed E-state index contributed by atoms with van der Waals surface area (Å²) in [5.41, 5.74) is 1.79. The predicted octanol–water partition coefficient (Wildman–Crippen LogP) is 5.19. The Kier molecular flexibility index (Phi) is 8.29. The molecule has 0 fully saturated rings. The summed E-state index contributed by atoms with van der Waals surface area (Å²) in [5, 5.41) is 0. The Hall–Kier alpha value is -2.04. The SMILES string of the molecule is O=CCCCCCC(F)(OCc1ccccc1)OCc1ccccc1. The molecule has 0 aliphatic rings. The van der Waals surface area contributed by atoms with E-state index in [2.05, 4.69) is 0 Å². The number of halogens is 1. The van der Waals surface area contributed by atoms with E-state index >= 15 is 4.39 Å². The fourth-order valence-corrected chi connectivity index (χ4v) is 2.46. The number of ether oxygens (including phenoxy) is 2. The lowest BCUT2D eigenvalue weighted by Gasteiger charge is -2.26. The molecule has 0 amide bonds. The van der Waals surface area contributed by atoms with Gasteiger partial charge in [-0.25, -0.2) is 0 Å². The number of alkyl halides is 1. The summed E-state index contributed by atoms with van der Waals surface area (Å²) in [7, 11) is 0. The topological polar surface area (TPSA) is 35.5 Å². The molecule has 2 rings (SSSR count). The molecule has 134 valence electrons. The van der Waals surface area contributed by atoms with Crippen LogP contribution < -0.4 is 0 Å². The van der Waals surface area contributed by atoms with Crippen molar-refractivity contribution in [2.24, 2.45) is 0 Å². The second-order valence-corrected chi connectivity index (χ2v) is 5.97. The highest BCUT2D eigenvalue weighted by molar-refractivity contribution is 5.48. The van der Waals surface area contributed by atoms with Gasteiger partial charge in [-0.15, -0.1) is 0 Å². The second kappa shape index (κ2) is 10.7. The largest absolute Gasteiger partial charge is 0.320 e. The van der Waals surface area contributed by atoms with Crippen LogP contribution in [-0.2, 0) is 27.5 Å². The zero-order chi connectivity index (χ0) is 17.8. The van der Waals surface area contributed by atoms with Crippen molar-refractivity contribution in [3.8, 4) is 0 Å². The molecule has 4 heteroatoms. The van der Waals surface area contributed by atoms with Gasteiger partial charge in [0.1, 0.15) is 6.29 Å². The van der Waals surface area contributed by atoms with Gasteiger partial charge in [0.05, 0.1) is 13.2 Å². The molecule has 0 aromatic heterocycles. The normalized spacial score (nSPS) is 11.4. The van der Waals surface area contributed by atoms with Crippen molar-refractivity contribution in [1.82, 2.24) is 0 Å². The van der Waals surface area contributed by atoms with E-state index < -0.39 is 6.04 Å². The highest BCUT2D eigenvalue weighted by Crippen LogP contribution is 2.26. The van der Waals surface area contributed by atoms with Crippen LogP contribution in [0.25, 0.3) is 0 Å².